The molecule has 0 aliphatic heterocycles. The summed E-state index contributed by atoms with van der Waals surface area (Å²) in [6, 6.07) is 20.8. The van der Waals surface area contributed by atoms with Crippen molar-refractivity contribution < 1.29 is 34.4 Å². The van der Waals surface area contributed by atoms with Crippen molar-refractivity contribution in [3.63, 3.8) is 0 Å². The molecule has 0 saturated carbocycles. The Bertz CT molecular complexity index is 1670. The Morgan fingerprint density at radius 3 is 1.92 bits per heavy atom. The van der Waals surface area contributed by atoms with Crippen LogP contribution in [0.3, 0.4) is 0 Å². The summed E-state index contributed by atoms with van der Waals surface area (Å²) in [7, 11) is 1.43. The molecule has 8 nitrogen and oxygen atoms in total. The van der Waals surface area contributed by atoms with Gasteiger partial charge in [-0.1, -0.05) is 24.3 Å². The van der Waals surface area contributed by atoms with Gasteiger partial charge in [0.2, 0.25) is 0 Å². The molecule has 196 valence electrons. The number of rotatable bonds is 7. The number of benzene rings is 4. The smallest absolute Gasteiger partial charge is 0.196 e. The standard InChI is InChI=1S/C31H24O8/c1-38-22-11-13-23(26(35)15-22)31(37)29(25-16-39-27-14-21(34)10-12-24(27)30(25)36)28(17-2-6-19(32)7-3-17)18-4-8-20(33)9-5-18/h2-16,28-29,32-35H,1H3/t29-/m0/s1. The number of carbonyl (C=O) groups is 1. The summed E-state index contributed by atoms with van der Waals surface area (Å²) in [5.74, 6) is -2.58. The molecule has 1 atom stereocenters. The predicted octanol–water partition coefficient (Wildman–Crippen LogP) is 5.42. The first kappa shape index (κ1) is 25.4. The van der Waals surface area contributed by atoms with Crippen LogP contribution in [0.15, 0.2) is 100 Å². The van der Waals surface area contributed by atoms with E-state index < -0.39 is 23.0 Å². The van der Waals surface area contributed by atoms with Crippen LogP contribution >= 0.6 is 0 Å². The number of carbonyl (C=O) groups excluding carboxylic acids is 1. The van der Waals surface area contributed by atoms with Crippen LogP contribution in [0.25, 0.3) is 11.0 Å². The highest BCUT2D eigenvalue weighted by Crippen LogP contribution is 2.42. The van der Waals surface area contributed by atoms with Crippen molar-refractivity contribution in [3.05, 3.63) is 124 Å². The van der Waals surface area contributed by atoms with Crippen LogP contribution in [-0.2, 0) is 0 Å². The highest BCUT2D eigenvalue weighted by Gasteiger charge is 2.37. The van der Waals surface area contributed by atoms with E-state index in [2.05, 4.69) is 0 Å². The van der Waals surface area contributed by atoms with Crippen molar-refractivity contribution >= 4 is 16.8 Å². The second kappa shape index (κ2) is 10.3. The van der Waals surface area contributed by atoms with Gasteiger partial charge in [-0.05, 0) is 59.7 Å². The second-order valence-corrected chi connectivity index (χ2v) is 9.09. The first-order valence-corrected chi connectivity index (χ1v) is 12.0. The van der Waals surface area contributed by atoms with E-state index in [0.717, 1.165) is 0 Å². The van der Waals surface area contributed by atoms with E-state index in [-0.39, 0.29) is 45.1 Å². The molecule has 5 aromatic rings. The molecule has 8 heteroatoms. The van der Waals surface area contributed by atoms with Gasteiger partial charge >= 0.3 is 0 Å². The zero-order chi connectivity index (χ0) is 27.7. The summed E-state index contributed by atoms with van der Waals surface area (Å²) in [4.78, 5) is 28.1. The van der Waals surface area contributed by atoms with Gasteiger partial charge in [-0.15, -0.1) is 0 Å². The fourth-order valence-corrected chi connectivity index (χ4v) is 4.77. The number of hydrogen-bond donors (Lipinski definition) is 4. The number of phenolic OH excluding ortho intramolecular Hbond substituents is 4. The predicted molar refractivity (Wildman–Crippen MR) is 144 cm³/mol. The fourth-order valence-electron chi connectivity index (χ4n) is 4.77. The molecule has 0 aliphatic rings. The van der Waals surface area contributed by atoms with Crippen molar-refractivity contribution in [2.45, 2.75) is 11.8 Å². The number of Topliss-reactive ketones (excluding diaryl/α,β-unsaturated/α-hetero) is 1. The van der Waals surface area contributed by atoms with Gasteiger partial charge in [0.15, 0.2) is 11.2 Å². The van der Waals surface area contributed by atoms with E-state index in [4.69, 9.17) is 9.15 Å². The van der Waals surface area contributed by atoms with Crippen LogP contribution in [-0.4, -0.2) is 33.3 Å². The molecule has 4 N–H and O–H groups in total. The van der Waals surface area contributed by atoms with Gasteiger partial charge in [0.05, 0.1) is 30.2 Å². The fraction of sp³-hybridized carbons (Fsp3) is 0.0968. The van der Waals surface area contributed by atoms with Gasteiger partial charge in [-0.25, -0.2) is 0 Å². The summed E-state index contributed by atoms with van der Waals surface area (Å²) in [5.41, 5.74) is 0.844. The Labute approximate surface area is 222 Å². The molecule has 0 radical (unpaired) electrons. The molecule has 5 rings (SSSR count). The number of fused-ring (bicyclic) bond motifs is 1. The lowest BCUT2D eigenvalue weighted by Crippen LogP contribution is -2.27. The summed E-state index contributed by atoms with van der Waals surface area (Å²) in [5, 5.41) is 40.6. The molecule has 0 saturated heterocycles. The number of ketones is 1. The van der Waals surface area contributed by atoms with Crippen molar-refractivity contribution in [2.75, 3.05) is 7.11 Å². The van der Waals surface area contributed by atoms with Crippen molar-refractivity contribution in [2.24, 2.45) is 0 Å². The Morgan fingerprint density at radius 1 is 0.769 bits per heavy atom. The minimum absolute atomic E-state index is 0.0175. The normalized spacial score (nSPS) is 11.9. The molecule has 0 amide bonds. The third-order valence-corrected chi connectivity index (χ3v) is 6.71. The quantitative estimate of drug-likeness (QED) is 0.207. The monoisotopic (exact) mass is 524 g/mol. The van der Waals surface area contributed by atoms with E-state index >= 15 is 0 Å². The Balaban J connectivity index is 1.80. The van der Waals surface area contributed by atoms with Crippen LogP contribution in [0.5, 0.6) is 28.7 Å². The van der Waals surface area contributed by atoms with Crippen LogP contribution in [0.1, 0.15) is 38.9 Å². The minimum Gasteiger partial charge on any atom is -0.508 e. The van der Waals surface area contributed by atoms with Crippen molar-refractivity contribution in [1.29, 1.82) is 0 Å². The average Bonchev–Trinajstić information content (AvgIpc) is 2.93. The van der Waals surface area contributed by atoms with E-state index in [1.54, 1.807) is 24.3 Å². The van der Waals surface area contributed by atoms with Gasteiger partial charge in [-0.2, -0.15) is 0 Å². The maximum absolute atomic E-state index is 14.3. The maximum atomic E-state index is 14.3. The lowest BCUT2D eigenvalue weighted by molar-refractivity contribution is 0.0947. The summed E-state index contributed by atoms with van der Waals surface area (Å²) in [6.45, 7) is 0. The zero-order valence-electron chi connectivity index (χ0n) is 20.7. The molecular formula is C31H24O8. The van der Waals surface area contributed by atoms with Gasteiger partial charge in [-0.3, -0.25) is 9.59 Å². The number of methoxy groups -OCH3 is 1. The summed E-state index contributed by atoms with van der Waals surface area (Å²) in [6.07, 6.45) is 1.20. The molecule has 0 bridgehead atoms. The summed E-state index contributed by atoms with van der Waals surface area (Å²) >= 11 is 0. The number of aromatic hydroxyl groups is 4. The third kappa shape index (κ3) is 4.87. The van der Waals surface area contributed by atoms with Gasteiger partial charge in [0.1, 0.15) is 34.3 Å². The third-order valence-electron chi connectivity index (χ3n) is 6.71. The molecule has 0 spiro atoms. The molecule has 0 unspecified atom stereocenters. The topological polar surface area (TPSA) is 137 Å². The SMILES string of the molecule is COc1ccc(C(=O)[C@@H](c2coc3cc(O)ccc3c2=O)C(c2ccc(O)cc2)c2ccc(O)cc2)c(O)c1. The van der Waals surface area contributed by atoms with Gasteiger partial charge < -0.3 is 29.6 Å². The van der Waals surface area contributed by atoms with Gasteiger partial charge in [0.25, 0.3) is 0 Å². The maximum Gasteiger partial charge on any atom is 0.196 e. The van der Waals surface area contributed by atoms with E-state index in [1.807, 2.05) is 0 Å². The number of hydrogen-bond acceptors (Lipinski definition) is 8. The number of phenols is 4. The van der Waals surface area contributed by atoms with Gasteiger partial charge in [0, 0.05) is 23.6 Å². The Hall–Kier alpha value is -5.24. The molecule has 1 heterocycles. The molecular weight excluding hydrogens is 500 g/mol. The van der Waals surface area contributed by atoms with Crippen molar-refractivity contribution in [1.82, 2.24) is 0 Å². The molecule has 1 aromatic heterocycles. The Morgan fingerprint density at radius 2 is 1.36 bits per heavy atom. The highest BCUT2D eigenvalue weighted by atomic mass is 16.5. The second-order valence-electron chi connectivity index (χ2n) is 9.09. The minimum atomic E-state index is -1.20. The first-order valence-electron chi connectivity index (χ1n) is 12.0. The van der Waals surface area contributed by atoms with E-state index in [0.29, 0.717) is 16.9 Å². The molecule has 4 aromatic carbocycles. The van der Waals surface area contributed by atoms with E-state index in [9.17, 15) is 30.0 Å². The van der Waals surface area contributed by atoms with Crippen LogP contribution in [0.4, 0.5) is 0 Å². The largest absolute Gasteiger partial charge is 0.508 e. The van der Waals surface area contributed by atoms with Crippen LogP contribution in [0, 0.1) is 0 Å². The zero-order valence-corrected chi connectivity index (χ0v) is 20.7. The Kier molecular flexibility index (Phi) is 6.68. The molecule has 0 fully saturated rings. The lowest BCUT2D eigenvalue weighted by Gasteiger charge is -2.27. The van der Waals surface area contributed by atoms with Crippen LogP contribution < -0.4 is 10.2 Å². The lowest BCUT2D eigenvalue weighted by atomic mass is 9.73. The van der Waals surface area contributed by atoms with Crippen molar-refractivity contribution in [3.8, 4) is 28.7 Å². The first-order chi connectivity index (χ1) is 18.8. The number of ether oxygens (including phenoxy) is 1. The molecule has 0 aliphatic carbocycles. The molecule has 39 heavy (non-hydrogen) atoms. The van der Waals surface area contributed by atoms with E-state index in [1.165, 1.54) is 74.0 Å². The van der Waals surface area contributed by atoms with Crippen LogP contribution in [0.2, 0.25) is 0 Å². The summed E-state index contributed by atoms with van der Waals surface area (Å²) < 4.78 is 10.9. The highest BCUT2D eigenvalue weighted by molar-refractivity contribution is 6.04. The average molecular weight is 525 g/mol.